The zero-order chi connectivity index (χ0) is 15.3. The molecule has 2 aliphatic rings. The molecule has 0 amide bonds. The van der Waals surface area contributed by atoms with Gasteiger partial charge in [-0.1, -0.05) is 38.5 Å². The molecular weight excluding hydrogens is 260 g/mol. The highest BCUT2D eigenvalue weighted by Gasteiger charge is 2.34. The summed E-state index contributed by atoms with van der Waals surface area (Å²) in [5.41, 5.74) is 3.62. The van der Waals surface area contributed by atoms with Crippen LogP contribution in [0.15, 0.2) is 23.3 Å². The van der Waals surface area contributed by atoms with Crippen molar-refractivity contribution < 1.29 is 9.47 Å². The van der Waals surface area contributed by atoms with Crippen molar-refractivity contribution in [3.05, 3.63) is 23.3 Å². The highest BCUT2D eigenvalue weighted by Crippen LogP contribution is 2.46. The molecule has 0 heterocycles. The second-order valence-corrected chi connectivity index (χ2v) is 7.19. The Balaban J connectivity index is 1.91. The lowest BCUT2D eigenvalue weighted by atomic mass is 9.67. The fourth-order valence-corrected chi connectivity index (χ4v) is 3.62. The van der Waals surface area contributed by atoms with Gasteiger partial charge in [0.2, 0.25) is 0 Å². The van der Waals surface area contributed by atoms with E-state index in [4.69, 9.17) is 9.47 Å². The molecule has 0 aromatic carbocycles. The van der Waals surface area contributed by atoms with E-state index in [-0.39, 0.29) is 0 Å². The minimum atomic E-state index is 0.398. The number of allylic oxidation sites excluding steroid dienone is 4. The van der Waals surface area contributed by atoms with Crippen molar-refractivity contribution in [2.24, 2.45) is 11.3 Å². The SMILES string of the molecule is COCCOC1CCC(C)(C2=CC(C(C)C)=CCC2)CC1. The average Bonchev–Trinajstić information content (AvgIpc) is 2.50. The maximum Gasteiger partial charge on any atom is 0.0704 e. The molecule has 2 nitrogen and oxygen atoms in total. The first kappa shape index (κ1) is 16.8. The first-order valence-electron chi connectivity index (χ1n) is 8.57. The van der Waals surface area contributed by atoms with Crippen LogP contribution in [-0.4, -0.2) is 26.4 Å². The number of rotatable bonds is 6. The molecule has 0 saturated heterocycles. The lowest BCUT2D eigenvalue weighted by molar-refractivity contribution is -0.0153. The quantitative estimate of drug-likeness (QED) is 0.648. The standard InChI is InChI=1S/C19H32O2/c1-15(2)16-6-5-7-17(14-16)19(3)10-8-18(9-11-19)21-13-12-20-4/h6,14-15,18H,5,7-13H2,1-4H3. The molecule has 1 saturated carbocycles. The van der Waals surface area contributed by atoms with Crippen LogP contribution < -0.4 is 0 Å². The summed E-state index contributed by atoms with van der Waals surface area (Å²) in [4.78, 5) is 0. The van der Waals surface area contributed by atoms with Crippen LogP contribution in [0, 0.1) is 11.3 Å². The van der Waals surface area contributed by atoms with E-state index in [0.29, 0.717) is 24.0 Å². The van der Waals surface area contributed by atoms with Crippen molar-refractivity contribution in [3.8, 4) is 0 Å². The van der Waals surface area contributed by atoms with Gasteiger partial charge in [-0.2, -0.15) is 0 Å². The van der Waals surface area contributed by atoms with Crippen molar-refractivity contribution in [2.45, 2.75) is 65.4 Å². The largest absolute Gasteiger partial charge is 0.382 e. The molecule has 0 aromatic rings. The molecule has 0 radical (unpaired) electrons. The highest BCUT2D eigenvalue weighted by atomic mass is 16.5. The van der Waals surface area contributed by atoms with Gasteiger partial charge < -0.3 is 9.47 Å². The number of methoxy groups -OCH3 is 1. The van der Waals surface area contributed by atoms with Crippen molar-refractivity contribution in [1.29, 1.82) is 0 Å². The Morgan fingerprint density at radius 3 is 2.57 bits per heavy atom. The van der Waals surface area contributed by atoms with E-state index in [2.05, 4.69) is 32.9 Å². The molecule has 0 aromatic heterocycles. The van der Waals surface area contributed by atoms with Gasteiger partial charge in [-0.3, -0.25) is 0 Å². The van der Waals surface area contributed by atoms with Crippen LogP contribution in [0.2, 0.25) is 0 Å². The second kappa shape index (κ2) is 7.60. The van der Waals surface area contributed by atoms with E-state index < -0.39 is 0 Å². The number of hydrogen-bond donors (Lipinski definition) is 0. The maximum atomic E-state index is 5.91. The molecule has 0 aliphatic heterocycles. The van der Waals surface area contributed by atoms with Gasteiger partial charge in [-0.15, -0.1) is 0 Å². The molecule has 2 rings (SSSR count). The minimum absolute atomic E-state index is 0.398. The van der Waals surface area contributed by atoms with Gasteiger partial charge in [-0.05, 0) is 55.4 Å². The predicted octanol–water partition coefficient (Wildman–Crippen LogP) is 4.90. The van der Waals surface area contributed by atoms with Gasteiger partial charge in [0.15, 0.2) is 0 Å². The topological polar surface area (TPSA) is 18.5 Å². The lowest BCUT2D eigenvalue weighted by Gasteiger charge is -2.40. The summed E-state index contributed by atoms with van der Waals surface area (Å²) in [6.07, 6.45) is 12.8. The molecule has 21 heavy (non-hydrogen) atoms. The Labute approximate surface area is 130 Å². The summed E-state index contributed by atoms with van der Waals surface area (Å²) in [5.74, 6) is 0.651. The normalized spacial score (nSPS) is 30.2. The molecule has 2 heteroatoms. The van der Waals surface area contributed by atoms with Gasteiger partial charge in [0.1, 0.15) is 0 Å². The first-order valence-corrected chi connectivity index (χ1v) is 8.57. The van der Waals surface area contributed by atoms with Gasteiger partial charge in [0.05, 0.1) is 19.3 Å². The Bertz CT molecular complexity index is 384. The van der Waals surface area contributed by atoms with Crippen LogP contribution in [0.1, 0.15) is 59.3 Å². The summed E-state index contributed by atoms with van der Waals surface area (Å²) in [6.45, 7) is 8.51. The van der Waals surface area contributed by atoms with Crippen molar-refractivity contribution in [1.82, 2.24) is 0 Å². The van der Waals surface area contributed by atoms with E-state index in [1.807, 2.05) is 0 Å². The Kier molecular flexibility index (Phi) is 6.07. The molecule has 0 unspecified atom stereocenters. The van der Waals surface area contributed by atoms with E-state index in [1.54, 1.807) is 12.7 Å². The molecule has 0 N–H and O–H groups in total. The van der Waals surface area contributed by atoms with E-state index in [9.17, 15) is 0 Å². The zero-order valence-electron chi connectivity index (χ0n) is 14.3. The first-order chi connectivity index (χ1) is 10.0. The monoisotopic (exact) mass is 292 g/mol. The Morgan fingerprint density at radius 1 is 1.24 bits per heavy atom. The summed E-state index contributed by atoms with van der Waals surface area (Å²) < 4.78 is 11.0. The Hall–Kier alpha value is -0.600. The zero-order valence-corrected chi connectivity index (χ0v) is 14.3. The lowest BCUT2D eigenvalue weighted by Crippen LogP contribution is -2.31. The van der Waals surface area contributed by atoms with Gasteiger partial charge in [0.25, 0.3) is 0 Å². The van der Waals surface area contributed by atoms with Crippen LogP contribution in [-0.2, 0) is 9.47 Å². The van der Waals surface area contributed by atoms with E-state index in [0.717, 1.165) is 6.61 Å². The van der Waals surface area contributed by atoms with Gasteiger partial charge in [0, 0.05) is 7.11 Å². The van der Waals surface area contributed by atoms with Gasteiger partial charge >= 0.3 is 0 Å². The van der Waals surface area contributed by atoms with Crippen LogP contribution in [0.4, 0.5) is 0 Å². The Morgan fingerprint density at radius 2 is 1.95 bits per heavy atom. The summed E-state index contributed by atoms with van der Waals surface area (Å²) in [6, 6.07) is 0. The summed E-state index contributed by atoms with van der Waals surface area (Å²) >= 11 is 0. The van der Waals surface area contributed by atoms with E-state index >= 15 is 0 Å². The predicted molar refractivity (Wildman–Crippen MR) is 88.4 cm³/mol. The minimum Gasteiger partial charge on any atom is -0.382 e. The smallest absolute Gasteiger partial charge is 0.0704 e. The van der Waals surface area contributed by atoms with Crippen LogP contribution >= 0.6 is 0 Å². The number of hydrogen-bond acceptors (Lipinski definition) is 2. The molecule has 0 bridgehead atoms. The third-order valence-electron chi connectivity index (χ3n) is 5.25. The molecule has 2 aliphatic carbocycles. The third-order valence-corrected chi connectivity index (χ3v) is 5.25. The third kappa shape index (κ3) is 4.43. The molecule has 1 fully saturated rings. The molecular formula is C19H32O2. The summed E-state index contributed by atoms with van der Waals surface area (Å²) in [7, 11) is 1.73. The van der Waals surface area contributed by atoms with Crippen LogP contribution in [0.3, 0.4) is 0 Å². The van der Waals surface area contributed by atoms with Crippen molar-refractivity contribution in [2.75, 3.05) is 20.3 Å². The maximum absolute atomic E-state index is 5.91. The molecule has 0 atom stereocenters. The highest BCUT2D eigenvalue weighted by molar-refractivity contribution is 5.32. The van der Waals surface area contributed by atoms with Crippen LogP contribution in [0.25, 0.3) is 0 Å². The summed E-state index contributed by atoms with van der Waals surface area (Å²) in [5, 5.41) is 0. The fourth-order valence-electron chi connectivity index (χ4n) is 3.62. The fraction of sp³-hybridized carbons (Fsp3) is 0.789. The van der Waals surface area contributed by atoms with Crippen molar-refractivity contribution in [3.63, 3.8) is 0 Å². The van der Waals surface area contributed by atoms with Gasteiger partial charge in [-0.25, -0.2) is 0 Å². The van der Waals surface area contributed by atoms with Crippen LogP contribution in [0.5, 0.6) is 0 Å². The molecule has 0 spiro atoms. The average molecular weight is 292 g/mol. The van der Waals surface area contributed by atoms with E-state index in [1.165, 1.54) is 44.1 Å². The second-order valence-electron chi connectivity index (χ2n) is 7.19. The molecule has 120 valence electrons. The number of ether oxygens (including phenoxy) is 2. The van der Waals surface area contributed by atoms with Crippen molar-refractivity contribution >= 4 is 0 Å².